The zero-order chi connectivity index (χ0) is 28.0. The maximum absolute atomic E-state index is 13.4. The number of nitrogens with zero attached hydrogens (tertiary/aromatic N) is 8. The number of ether oxygens (including phenoxy) is 1. The van der Waals surface area contributed by atoms with Crippen LogP contribution in [0.1, 0.15) is 30.5 Å². The van der Waals surface area contributed by atoms with Crippen LogP contribution in [0.4, 0.5) is 16.2 Å². The van der Waals surface area contributed by atoms with Crippen LogP contribution in [0.5, 0.6) is 0 Å². The molecule has 0 amide bonds. The van der Waals surface area contributed by atoms with Crippen LogP contribution in [0.3, 0.4) is 0 Å². The normalized spacial score (nSPS) is 19.1. The standard InChI is InChI=1S/C29H31FN10O/c1-29(31,20-2-4-22(30)5-3-20)21-14-32-28(33-15-21)39-9-7-38(8-10-39)27-24-12-25(37-26(24)34-18-35-27)19-13-36-40(16-19)23-6-11-41-17-23/h2-5,12-16,18,23H,6-11,17,31H2,1H3,(H,34,35,37)/t23-,29+/m1/s1. The van der Waals surface area contributed by atoms with Gasteiger partial charge in [0, 0.05) is 62.5 Å². The molecule has 0 radical (unpaired) electrons. The second kappa shape index (κ2) is 10.2. The van der Waals surface area contributed by atoms with Crippen molar-refractivity contribution < 1.29 is 9.13 Å². The van der Waals surface area contributed by atoms with E-state index in [2.05, 4.69) is 52.1 Å². The zero-order valence-corrected chi connectivity index (χ0v) is 22.7. The molecule has 0 aliphatic carbocycles. The van der Waals surface area contributed by atoms with Crippen molar-refractivity contribution in [1.82, 2.24) is 34.7 Å². The molecular formula is C29H31FN10O. The average molecular weight is 555 g/mol. The van der Waals surface area contributed by atoms with Gasteiger partial charge in [-0.25, -0.2) is 24.3 Å². The molecule has 6 heterocycles. The Balaban J connectivity index is 1.05. The van der Waals surface area contributed by atoms with Crippen LogP contribution in [0.15, 0.2) is 61.4 Å². The average Bonchev–Trinajstić information content (AvgIpc) is 3.78. The molecule has 2 atom stereocenters. The van der Waals surface area contributed by atoms with E-state index in [1.165, 1.54) is 12.1 Å². The summed E-state index contributed by atoms with van der Waals surface area (Å²) in [7, 11) is 0. The van der Waals surface area contributed by atoms with E-state index >= 15 is 0 Å². The topological polar surface area (TPSA) is 127 Å². The number of H-pyrrole nitrogens is 1. The number of anilines is 2. The van der Waals surface area contributed by atoms with E-state index in [4.69, 9.17) is 10.5 Å². The fraction of sp³-hybridized carbons (Fsp3) is 0.345. The Morgan fingerprint density at radius 2 is 1.73 bits per heavy atom. The maximum atomic E-state index is 13.4. The molecular weight excluding hydrogens is 523 g/mol. The van der Waals surface area contributed by atoms with Gasteiger partial charge in [0.2, 0.25) is 5.95 Å². The quantitative estimate of drug-likeness (QED) is 0.325. The van der Waals surface area contributed by atoms with Gasteiger partial charge in [-0.1, -0.05) is 12.1 Å². The van der Waals surface area contributed by atoms with E-state index in [-0.39, 0.29) is 11.9 Å². The second-order valence-electron chi connectivity index (χ2n) is 10.8. The van der Waals surface area contributed by atoms with Gasteiger partial charge in [0.1, 0.15) is 23.6 Å². The third-order valence-electron chi connectivity index (χ3n) is 8.14. The summed E-state index contributed by atoms with van der Waals surface area (Å²) in [6.45, 7) is 6.38. The van der Waals surface area contributed by atoms with Crippen LogP contribution in [-0.4, -0.2) is 74.1 Å². The van der Waals surface area contributed by atoms with Crippen molar-refractivity contribution in [3.05, 3.63) is 78.4 Å². The third-order valence-corrected chi connectivity index (χ3v) is 8.14. The molecule has 0 spiro atoms. The lowest BCUT2D eigenvalue weighted by atomic mass is 9.87. The van der Waals surface area contributed by atoms with Gasteiger partial charge in [-0.05, 0) is 37.1 Å². The highest BCUT2D eigenvalue weighted by Crippen LogP contribution is 2.31. The summed E-state index contributed by atoms with van der Waals surface area (Å²) < 4.78 is 20.9. The lowest BCUT2D eigenvalue weighted by Crippen LogP contribution is -2.47. The lowest BCUT2D eigenvalue weighted by molar-refractivity contribution is 0.184. The summed E-state index contributed by atoms with van der Waals surface area (Å²) in [4.78, 5) is 26.3. The maximum Gasteiger partial charge on any atom is 0.225 e. The predicted octanol–water partition coefficient (Wildman–Crippen LogP) is 3.26. The minimum atomic E-state index is -0.831. The SMILES string of the molecule is C[C@](N)(c1ccc(F)cc1)c1cnc(N2CCN(c3ncnc4[nH]c(-c5cnn([C@@H]6CCOC6)c5)cc34)CC2)nc1. The van der Waals surface area contributed by atoms with Gasteiger partial charge in [0.05, 0.1) is 35.5 Å². The fourth-order valence-corrected chi connectivity index (χ4v) is 5.58. The first kappa shape index (κ1) is 25.5. The molecule has 5 aromatic rings. The molecule has 210 valence electrons. The monoisotopic (exact) mass is 554 g/mol. The number of aromatic nitrogens is 7. The van der Waals surface area contributed by atoms with Gasteiger partial charge in [0.25, 0.3) is 0 Å². The van der Waals surface area contributed by atoms with Gasteiger partial charge in [-0.15, -0.1) is 0 Å². The molecule has 12 heteroatoms. The van der Waals surface area contributed by atoms with Gasteiger partial charge in [-0.2, -0.15) is 5.10 Å². The first-order valence-corrected chi connectivity index (χ1v) is 13.8. The van der Waals surface area contributed by atoms with Crippen molar-refractivity contribution in [3.63, 3.8) is 0 Å². The predicted molar refractivity (Wildman–Crippen MR) is 153 cm³/mol. The molecule has 3 N–H and O–H groups in total. The number of halogens is 1. The zero-order valence-electron chi connectivity index (χ0n) is 22.7. The van der Waals surface area contributed by atoms with Crippen molar-refractivity contribution in [3.8, 4) is 11.3 Å². The number of fused-ring (bicyclic) bond motifs is 1. The van der Waals surface area contributed by atoms with Crippen LogP contribution >= 0.6 is 0 Å². The van der Waals surface area contributed by atoms with Crippen LogP contribution in [0, 0.1) is 5.82 Å². The fourth-order valence-electron chi connectivity index (χ4n) is 5.58. The summed E-state index contributed by atoms with van der Waals surface area (Å²) in [6.07, 6.45) is 10.1. The number of hydrogen-bond acceptors (Lipinski definition) is 9. The number of nitrogens with one attached hydrogen (secondary N) is 1. The molecule has 2 saturated heterocycles. The number of rotatable bonds is 6. The van der Waals surface area contributed by atoms with Crippen molar-refractivity contribution in [2.24, 2.45) is 5.73 Å². The van der Waals surface area contributed by atoms with E-state index in [9.17, 15) is 4.39 Å². The van der Waals surface area contributed by atoms with Gasteiger partial charge < -0.3 is 25.3 Å². The Morgan fingerprint density at radius 1 is 0.976 bits per heavy atom. The van der Waals surface area contributed by atoms with Gasteiger partial charge in [-0.3, -0.25) is 4.68 Å². The molecule has 0 saturated carbocycles. The van der Waals surface area contributed by atoms with Crippen LogP contribution in [0.25, 0.3) is 22.3 Å². The summed E-state index contributed by atoms with van der Waals surface area (Å²) in [5.74, 6) is 1.27. The molecule has 7 rings (SSSR count). The Morgan fingerprint density at radius 3 is 2.46 bits per heavy atom. The Hall–Kier alpha value is -4.42. The molecule has 0 unspecified atom stereocenters. The largest absolute Gasteiger partial charge is 0.379 e. The lowest BCUT2D eigenvalue weighted by Gasteiger charge is -2.35. The van der Waals surface area contributed by atoms with Crippen LogP contribution in [0.2, 0.25) is 0 Å². The smallest absolute Gasteiger partial charge is 0.225 e. The summed E-state index contributed by atoms with van der Waals surface area (Å²) in [5, 5.41) is 5.55. The molecule has 11 nitrogen and oxygen atoms in total. The Bertz CT molecular complexity index is 1650. The van der Waals surface area contributed by atoms with E-state index in [1.54, 1.807) is 30.9 Å². The van der Waals surface area contributed by atoms with E-state index in [0.717, 1.165) is 78.4 Å². The highest BCUT2D eigenvalue weighted by atomic mass is 19.1. The number of aromatic amines is 1. The van der Waals surface area contributed by atoms with Crippen molar-refractivity contribution >= 4 is 22.8 Å². The Labute approximate surface area is 236 Å². The summed E-state index contributed by atoms with van der Waals surface area (Å²) >= 11 is 0. The van der Waals surface area contributed by atoms with E-state index in [0.29, 0.717) is 12.6 Å². The van der Waals surface area contributed by atoms with Crippen molar-refractivity contribution in [2.75, 3.05) is 49.2 Å². The van der Waals surface area contributed by atoms with Gasteiger partial charge >= 0.3 is 0 Å². The van der Waals surface area contributed by atoms with E-state index < -0.39 is 5.54 Å². The van der Waals surface area contributed by atoms with Crippen LogP contribution < -0.4 is 15.5 Å². The highest BCUT2D eigenvalue weighted by Gasteiger charge is 2.27. The van der Waals surface area contributed by atoms with Crippen molar-refractivity contribution in [2.45, 2.75) is 24.9 Å². The Kier molecular flexibility index (Phi) is 6.36. The molecule has 2 aliphatic heterocycles. The minimum Gasteiger partial charge on any atom is -0.379 e. The third kappa shape index (κ3) is 4.78. The minimum absolute atomic E-state index is 0.287. The molecule has 41 heavy (non-hydrogen) atoms. The highest BCUT2D eigenvalue weighted by molar-refractivity contribution is 5.91. The number of piperazine rings is 1. The van der Waals surface area contributed by atoms with Gasteiger partial charge in [0.15, 0.2) is 0 Å². The first-order chi connectivity index (χ1) is 20.0. The molecule has 0 bridgehead atoms. The molecule has 4 aromatic heterocycles. The molecule has 1 aromatic carbocycles. The number of nitrogens with two attached hydrogens (primary N) is 1. The number of hydrogen-bond donors (Lipinski definition) is 2. The van der Waals surface area contributed by atoms with Crippen molar-refractivity contribution in [1.29, 1.82) is 0 Å². The first-order valence-electron chi connectivity index (χ1n) is 13.8. The van der Waals surface area contributed by atoms with Crippen LogP contribution in [-0.2, 0) is 10.3 Å². The summed E-state index contributed by atoms with van der Waals surface area (Å²) in [5.41, 5.74) is 10.1. The summed E-state index contributed by atoms with van der Waals surface area (Å²) in [6, 6.07) is 8.61. The van der Waals surface area contributed by atoms with E-state index in [1.807, 2.05) is 17.8 Å². The molecule has 2 fully saturated rings. The molecule has 2 aliphatic rings. The number of benzene rings is 1. The second-order valence-corrected chi connectivity index (χ2v) is 10.8.